The lowest BCUT2D eigenvalue weighted by molar-refractivity contribution is -0.136. The van der Waals surface area contributed by atoms with Crippen molar-refractivity contribution in [3.05, 3.63) is 59.1 Å². The van der Waals surface area contributed by atoms with Crippen molar-refractivity contribution in [1.82, 2.24) is 0 Å². The van der Waals surface area contributed by atoms with E-state index < -0.39 is 5.97 Å². The topological polar surface area (TPSA) is 68.5 Å². The smallest absolute Gasteiger partial charge is 0.349 e. The van der Waals surface area contributed by atoms with Crippen LogP contribution in [0.15, 0.2) is 48.5 Å². The molecule has 24 heavy (non-hydrogen) atoms. The lowest BCUT2D eigenvalue weighted by Gasteiger charge is -2.10. The van der Waals surface area contributed by atoms with Gasteiger partial charge < -0.3 is 14.2 Å². The zero-order chi connectivity index (χ0) is 17.4. The first-order valence-corrected chi connectivity index (χ1v) is 7.33. The van der Waals surface area contributed by atoms with Gasteiger partial charge in [-0.05, 0) is 42.0 Å². The highest BCUT2D eigenvalue weighted by Gasteiger charge is 2.11. The van der Waals surface area contributed by atoms with E-state index in [-0.39, 0.29) is 12.4 Å². The number of rotatable bonds is 6. The number of hydrogen-bond donors (Lipinski definition) is 0. The molecule has 5 nitrogen and oxygen atoms in total. The SMILES string of the molecule is COc1cc(/C=C\C#N)ccc1OC(=O)COc1cccc(Cl)c1. The second-order valence-electron chi connectivity index (χ2n) is 4.59. The number of allylic oxidation sites excluding steroid dienone is 1. The first-order valence-electron chi connectivity index (χ1n) is 6.95. The van der Waals surface area contributed by atoms with Crippen LogP contribution in [0.3, 0.4) is 0 Å². The van der Waals surface area contributed by atoms with Crippen molar-refractivity contribution in [3.63, 3.8) is 0 Å². The molecule has 0 fully saturated rings. The van der Waals surface area contributed by atoms with Crippen LogP contribution in [0.1, 0.15) is 5.56 Å². The first kappa shape index (κ1) is 17.4. The summed E-state index contributed by atoms with van der Waals surface area (Å²) in [5.41, 5.74) is 0.753. The zero-order valence-corrected chi connectivity index (χ0v) is 13.6. The largest absolute Gasteiger partial charge is 0.493 e. The Labute approximate surface area is 144 Å². The van der Waals surface area contributed by atoms with Crippen LogP contribution in [0.25, 0.3) is 6.08 Å². The van der Waals surface area contributed by atoms with Gasteiger partial charge >= 0.3 is 5.97 Å². The fraction of sp³-hybridized carbons (Fsp3) is 0.111. The third kappa shape index (κ3) is 5.04. The quantitative estimate of drug-likeness (QED) is 0.452. The summed E-state index contributed by atoms with van der Waals surface area (Å²) in [4.78, 5) is 11.9. The molecular weight excluding hydrogens is 330 g/mol. The highest BCUT2D eigenvalue weighted by Crippen LogP contribution is 2.28. The number of methoxy groups -OCH3 is 1. The molecule has 0 bridgehead atoms. The maximum Gasteiger partial charge on any atom is 0.349 e. The summed E-state index contributed by atoms with van der Waals surface area (Å²) in [6.45, 7) is -0.264. The van der Waals surface area contributed by atoms with E-state index in [9.17, 15) is 4.79 Å². The minimum absolute atomic E-state index is 0.264. The standard InChI is InChI=1S/C18H14ClNO4/c1-22-17-10-13(4-3-9-20)7-8-16(17)24-18(21)12-23-15-6-2-5-14(19)11-15/h2-8,10-11H,12H2,1H3/b4-3-. The molecule has 0 aliphatic rings. The molecule has 0 aliphatic heterocycles. The van der Waals surface area contributed by atoms with Crippen molar-refractivity contribution in [1.29, 1.82) is 5.26 Å². The van der Waals surface area contributed by atoms with Crippen LogP contribution in [0.2, 0.25) is 5.02 Å². The molecule has 0 saturated carbocycles. The maximum absolute atomic E-state index is 11.9. The van der Waals surface area contributed by atoms with Gasteiger partial charge in [0.15, 0.2) is 18.1 Å². The van der Waals surface area contributed by atoms with E-state index in [1.165, 1.54) is 13.2 Å². The molecule has 0 heterocycles. The summed E-state index contributed by atoms with van der Waals surface area (Å²) in [6.07, 6.45) is 2.97. The first-order chi connectivity index (χ1) is 11.6. The Kier molecular flexibility index (Phi) is 6.23. The molecule has 0 atom stereocenters. The van der Waals surface area contributed by atoms with Gasteiger partial charge in [-0.2, -0.15) is 5.26 Å². The molecule has 0 saturated heterocycles. The molecule has 0 unspecified atom stereocenters. The average Bonchev–Trinajstić information content (AvgIpc) is 2.59. The Hall–Kier alpha value is -2.97. The van der Waals surface area contributed by atoms with E-state index >= 15 is 0 Å². The lowest BCUT2D eigenvalue weighted by atomic mass is 10.2. The van der Waals surface area contributed by atoms with E-state index in [0.29, 0.717) is 16.5 Å². The van der Waals surface area contributed by atoms with Gasteiger partial charge in [0.1, 0.15) is 5.75 Å². The Morgan fingerprint density at radius 2 is 2.08 bits per heavy atom. The van der Waals surface area contributed by atoms with Crippen LogP contribution < -0.4 is 14.2 Å². The molecule has 122 valence electrons. The van der Waals surface area contributed by atoms with Crippen LogP contribution >= 0.6 is 11.6 Å². The van der Waals surface area contributed by atoms with Gasteiger partial charge in [-0.25, -0.2) is 4.79 Å². The van der Waals surface area contributed by atoms with Gasteiger partial charge in [0, 0.05) is 11.1 Å². The fourth-order valence-electron chi connectivity index (χ4n) is 1.86. The summed E-state index contributed by atoms with van der Waals surface area (Å²) >= 11 is 5.84. The predicted octanol–water partition coefficient (Wildman–Crippen LogP) is 3.87. The zero-order valence-electron chi connectivity index (χ0n) is 12.9. The van der Waals surface area contributed by atoms with Crippen molar-refractivity contribution < 1.29 is 19.0 Å². The molecule has 0 radical (unpaired) electrons. The van der Waals surface area contributed by atoms with Crippen LogP contribution in [-0.4, -0.2) is 19.7 Å². The minimum Gasteiger partial charge on any atom is -0.493 e. The molecule has 2 rings (SSSR count). The molecule has 0 spiro atoms. The molecule has 0 aromatic heterocycles. The van der Waals surface area contributed by atoms with Crippen molar-refractivity contribution in [3.8, 4) is 23.3 Å². The van der Waals surface area contributed by atoms with Crippen molar-refractivity contribution in [2.75, 3.05) is 13.7 Å². The van der Waals surface area contributed by atoms with E-state index in [1.807, 2.05) is 6.07 Å². The molecule has 0 aliphatic carbocycles. The van der Waals surface area contributed by atoms with Crippen molar-refractivity contribution >= 4 is 23.6 Å². The van der Waals surface area contributed by atoms with Crippen molar-refractivity contribution in [2.24, 2.45) is 0 Å². The summed E-state index contributed by atoms with van der Waals surface area (Å²) < 4.78 is 15.8. The van der Waals surface area contributed by atoms with Crippen LogP contribution in [0.5, 0.6) is 17.2 Å². The highest BCUT2D eigenvalue weighted by atomic mass is 35.5. The second-order valence-corrected chi connectivity index (χ2v) is 5.03. The molecule has 0 N–H and O–H groups in total. The number of benzene rings is 2. The van der Waals surface area contributed by atoms with Gasteiger partial charge in [0.05, 0.1) is 13.2 Å². The third-order valence-corrected chi connectivity index (χ3v) is 3.15. The van der Waals surface area contributed by atoms with E-state index in [0.717, 1.165) is 5.56 Å². The second kappa shape index (κ2) is 8.61. The minimum atomic E-state index is -0.575. The lowest BCUT2D eigenvalue weighted by Crippen LogP contribution is -2.18. The number of carbonyl (C=O) groups excluding carboxylic acids is 1. The summed E-state index contributed by atoms with van der Waals surface area (Å²) in [5.74, 6) is 0.550. The van der Waals surface area contributed by atoms with Crippen LogP contribution in [0, 0.1) is 11.3 Å². The van der Waals surface area contributed by atoms with E-state index in [4.69, 9.17) is 31.1 Å². The summed E-state index contributed by atoms with van der Waals surface area (Å²) in [7, 11) is 1.47. The van der Waals surface area contributed by atoms with Crippen molar-refractivity contribution in [2.45, 2.75) is 0 Å². The molecule has 0 amide bonds. The Balaban J connectivity index is 2.00. The third-order valence-electron chi connectivity index (χ3n) is 2.91. The Morgan fingerprint density at radius 1 is 1.25 bits per heavy atom. The number of esters is 1. The molecule has 2 aromatic carbocycles. The van der Waals surface area contributed by atoms with Gasteiger partial charge in [0.25, 0.3) is 0 Å². The van der Waals surface area contributed by atoms with Gasteiger partial charge in [-0.1, -0.05) is 23.7 Å². The summed E-state index contributed by atoms with van der Waals surface area (Å²) in [6, 6.07) is 13.6. The molecular formula is C18H14ClNO4. The maximum atomic E-state index is 11.9. The summed E-state index contributed by atoms with van der Waals surface area (Å²) in [5, 5.41) is 9.06. The number of nitriles is 1. The number of hydrogen-bond acceptors (Lipinski definition) is 5. The number of carbonyl (C=O) groups is 1. The van der Waals surface area contributed by atoms with Crippen LogP contribution in [0.4, 0.5) is 0 Å². The number of nitrogens with zero attached hydrogens (tertiary/aromatic N) is 1. The van der Waals surface area contributed by atoms with Gasteiger partial charge in [-0.3, -0.25) is 0 Å². The number of ether oxygens (including phenoxy) is 3. The Morgan fingerprint density at radius 3 is 2.79 bits per heavy atom. The van der Waals surface area contributed by atoms with Gasteiger partial charge in [-0.15, -0.1) is 0 Å². The van der Waals surface area contributed by atoms with E-state index in [1.54, 1.807) is 48.5 Å². The van der Waals surface area contributed by atoms with E-state index in [2.05, 4.69) is 0 Å². The predicted molar refractivity (Wildman–Crippen MR) is 90.2 cm³/mol. The monoisotopic (exact) mass is 343 g/mol. The van der Waals surface area contributed by atoms with Gasteiger partial charge in [0.2, 0.25) is 0 Å². The molecule has 2 aromatic rings. The Bertz CT molecular complexity index is 796. The highest BCUT2D eigenvalue weighted by molar-refractivity contribution is 6.30. The normalized spacial score (nSPS) is 10.2. The van der Waals surface area contributed by atoms with Crippen LogP contribution in [-0.2, 0) is 4.79 Å². The average molecular weight is 344 g/mol. The number of halogens is 1. The molecule has 6 heteroatoms. The fourth-order valence-corrected chi connectivity index (χ4v) is 2.04.